The van der Waals surface area contributed by atoms with Crippen molar-refractivity contribution in [2.75, 3.05) is 5.32 Å². The van der Waals surface area contributed by atoms with Crippen LogP contribution in [0, 0.1) is 6.92 Å². The molecule has 0 heterocycles. The first-order valence-corrected chi connectivity index (χ1v) is 8.74. The fourth-order valence-corrected chi connectivity index (χ4v) is 2.39. The topological polar surface area (TPSA) is 70.6 Å². The van der Waals surface area contributed by atoms with Gasteiger partial charge in [-0.15, -0.1) is 0 Å². The number of rotatable bonds is 6. The summed E-state index contributed by atoms with van der Waals surface area (Å²) in [5.41, 5.74) is 4.81. The third-order valence-electron chi connectivity index (χ3n) is 3.33. The molecule has 0 aliphatic heterocycles. The molecule has 0 aliphatic carbocycles. The summed E-state index contributed by atoms with van der Waals surface area (Å²) in [6.07, 6.45) is 1.65. The Balaban J connectivity index is 1.76. The predicted octanol–water partition coefficient (Wildman–Crippen LogP) is 4.28. The highest BCUT2D eigenvalue weighted by Gasteiger charge is 2.08. The van der Waals surface area contributed by atoms with Gasteiger partial charge in [0.05, 0.1) is 6.21 Å². The molecule has 7 heteroatoms. The third-order valence-corrected chi connectivity index (χ3v) is 4.09. The number of benzene rings is 2. The van der Waals surface area contributed by atoms with Crippen molar-refractivity contribution in [3.05, 3.63) is 63.1 Å². The van der Waals surface area contributed by atoms with Crippen LogP contribution < -0.4 is 10.7 Å². The third kappa shape index (κ3) is 6.68. The average Bonchev–Trinajstić information content (AvgIpc) is 2.58. The van der Waals surface area contributed by atoms with E-state index in [1.807, 2.05) is 37.3 Å². The highest BCUT2D eigenvalue weighted by Crippen LogP contribution is 2.20. The Morgan fingerprint density at radius 2 is 1.80 bits per heavy atom. The van der Waals surface area contributed by atoms with Crippen molar-refractivity contribution in [2.45, 2.75) is 19.8 Å². The molecule has 0 aliphatic rings. The Hall–Kier alpha value is -2.18. The number of halogens is 2. The number of nitrogens with one attached hydrogen (secondary N) is 2. The molecule has 2 amide bonds. The minimum Gasteiger partial charge on any atom is -0.326 e. The quantitative estimate of drug-likeness (QED) is 0.539. The lowest BCUT2D eigenvalue weighted by Crippen LogP contribution is -2.20. The summed E-state index contributed by atoms with van der Waals surface area (Å²) in [5, 5.41) is 7.16. The van der Waals surface area contributed by atoms with E-state index in [1.165, 1.54) is 0 Å². The predicted molar refractivity (Wildman–Crippen MR) is 104 cm³/mol. The van der Waals surface area contributed by atoms with Gasteiger partial charge in [0.25, 0.3) is 0 Å². The molecular formula is C18H17BrClN3O2. The molecule has 2 aromatic rings. The number of carbonyl (C=O) groups is 2. The maximum absolute atomic E-state index is 11.9. The summed E-state index contributed by atoms with van der Waals surface area (Å²) < 4.78 is 0.967. The molecule has 0 fully saturated rings. The molecule has 0 saturated heterocycles. The van der Waals surface area contributed by atoms with Crippen molar-refractivity contribution in [3.63, 3.8) is 0 Å². The molecule has 2 rings (SSSR count). The fraction of sp³-hybridized carbons (Fsp3) is 0.167. The van der Waals surface area contributed by atoms with Crippen LogP contribution in [0.15, 0.2) is 52.0 Å². The van der Waals surface area contributed by atoms with Crippen LogP contribution >= 0.6 is 27.5 Å². The second-order valence-electron chi connectivity index (χ2n) is 5.35. The van der Waals surface area contributed by atoms with Gasteiger partial charge in [0.1, 0.15) is 0 Å². The molecule has 130 valence electrons. The standard InChI is InChI=1S/C18H17BrClN3O2/c1-12-2-7-15(20)10-16(12)22-17(24)8-9-18(25)23-21-11-13-3-5-14(19)6-4-13/h2-7,10-11H,8-9H2,1H3,(H,22,24)(H,23,25). The molecule has 2 N–H and O–H groups in total. The van der Waals surface area contributed by atoms with E-state index < -0.39 is 0 Å². The van der Waals surface area contributed by atoms with Crippen molar-refractivity contribution < 1.29 is 9.59 Å². The van der Waals surface area contributed by atoms with E-state index >= 15 is 0 Å². The Kier molecular flexibility index (Phi) is 7.16. The van der Waals surface area contributed by atoms with Crippen molar-refractivity contribution in [3.8, 4) is 0 Å². The van der Waals surface area contributed by atoms with E-state index in [0.29, 0.717) is 10.7 Å². The first-order chi connectivity index (χ1) is 11.9. The van der Waals surface area contributed by atoms with Gasteiger partial charge < -0.3 is 5.32 Å². The molecule has 5 nitrogen and oxygen atoms in total. The SMILES string of the molecule is Cc1ccc(Cl)cc1NC(=O)CCC(=O)NN=Cc1ccc(Br)cc1. The van der Waals surface area contributed by atoms with Crippen LogP contribution in [0.5, 0.6) is 0 Å². The van der Waals surface area contributed by atoms with Gasteiger partial charge in [0, 0.05) is 28.0 Å². The zero-order chi connectivity index (χ0) is 18.2. The zero-order valence-corrected chi connectivity index (χ0v) is 15.9. The van der Waals surface area contributed by atoms with Crippen LogP contribution in [0.3, 0.4) is 0 Å². The normalized spacial score (nSPS) is 10.7. The van der Waals surface area contributed by atoms with E-state index in [9.17, 15) is 9.59 Å². The van der Waals surface area contributed by atoms with Gasteiger partial charge in [-0.3, -0.25) is 9.59 Å². The molecule has 25 heavy (non-hydrogen) atoms. The summed E-state index contributed by atoms with van der Waals surface area (Å²) >= 11 is 9.25. The summed E-state index contributed by atoms with van der Waals surface area (Å²) in [5.74, 6) is -0.580. The molecular weight excluding hydrogens is 406 g/mol. The molecule has 0 atom stereocenters. The highest BCUT2D eigenvalue weighted by molar-refractivity contribution is 9.10. The van der Waals surface area contributed by atoms with Gasteiger partial charge in [0.2, 0.25) is 11.8 Å². The number of hydrogen-bond acceptors (Lipinski definition) is 3. The van der Waals surface area contributed by atoms with Crippen LogP contribution in [0.2, 0.25) is 5.02 Å². The molecule has 0 bridgehead atoms. The van der Waals surface area contributed by atoms with E-state index in [1.54, 1.807) is 18.3 Å². The van der Waals surface area contributed by atoms with Crippen molar-refractivity contribution >= 4 is 51.2 Å². The number of aryl methyl sites for hydroxylation is 1. The van der Waals surface area contributed by atoms with Crippen LogP contribution in [-0.4, -0.2) is 18.0 Å². The lowest BCUT2D eigenvalue weighted by molar-refractivity contribution is -0.124. The van der Waals surface area contributed by atoms with Crippen molar-refractivity contribution in [1.29, 1.82) is 0 Å². The minimum atomic E-state index is -0.327. The number of hydrogen-bond donors (Lipinski definition) is 2. The number of carbonyl (C=O) groups excluding carboxylic acids is 2. The summed E-state index contributed by atoms with van der Waals surface area (Å²) in [6.45, 7) is 1.87. The molecule has 0 radical (unpaired) electrons. The van der Waals surface area contributed by atoms with Gasteiger partial charge >= 0.3 is 0 Å². The van der Waals surface area contributed by atoms with Crippen molar-refractivity contribution in [2.24, 2.45) is 5.10 Å². The molecule has 0 aromatic heterocycles. The molecule has 0 spiro atoms. The van der Waals surface area contributed by atoms with E-state index in [2.05, 4.69) is 31.8 Å². The Labute approximate surface area is 159 Å². The lowest BCUT2D eigenvalue weighted by atomic mass is 10.2. The first-order valence-electron chi connectivity index (χ1n) is 7.57. The fourth-order valence-electron chi connectivity index (χ4n) is 1.95. The number of anilines is 1. The second-order valence-corrected chi connectivity index (χ2v) is 6.70. The summed E-state index contributed by atoms with van der Waals surface area (Å²) in [6, 6.07) is 12.7. The number of amides is 2. The average molecular weight is 423 g/mol. The van der Waals surface area contributed by atoms with Crippen LogP contribution in [-0.2, 0) is 9.59 Å². The second kappa shape index (κ2) is 9.34. The Morgan fingerprint density at radius 3 is 2.52 bits per heavy atom. The van der Waals surface area contributed by atoms with Gasteiger partial charge in [-0.05, 0) is 42.3 Å². The van der Waals surface area contributed by atoms with Crippen LogP contribution in [0.1, 0.15) is 24.0 Å². The molecule has 0 saturated carbocycles. The smallest absolute Gasteiger partial charge is 0.240 e. The van der Waals surface area contributed by atoms with Crippen LogP contribution in [0.25, 0.3) is 0 Å². The van der Waals surface area contributed by atoms with Crippen molar-refractivity contribution in [1.82, 2.24) is 5.43 Å². The highest BCUT2D eigenvalue weighted by atomic mass is 79.9. The lowest BCUT2D eigenvalue weighted by Gasteiger charge is -2.08. The monoisotopic (exact) mass is 421 g/mol. The van der Waals surface area contributed by atoms with E-state index in [-0.39, 0.29) is 24.7 Å². The van der Waals surface area contributed by atoms with Gasteiger partial charge in [-0.2, -0.15) is 5.10 Å². The number of nitrogens with zero attached hydrogens (tertiary/aromatic N) is 1. The number of hydrazone groups is 1. The Morgan fingerprint density at radius 1 is 1.12 bits per heavy atom. The first kappa shape index (κ1) is 19.1. The van der Waals surface area contributed by atoms with E-state index in [4.69, 9.17) is 11.6 Å². The van der Waals surface area contributed by atoms with Gasteiger partial charge in [0.15, 0.2) is 0 Å². The minimum absolute atomic E-state index is 0.0448. The maximum Gasteiger partial charge on any atom is 0.240 e. The summed E-state index contributed by atoms with van der Waals surface area (Å²) in [7, 11) is 0. The van der Waals surface area contributed by atoms with E-state index in [0.717, 1.165) is 15.6 Å². The summed E-state index contributed by atoms with van der Waals surface area (Å²) in [4.78, 5) is 23.7. The maximum atomic E-state index is 11.9. The molecule has 0 unspecified atom stereocenters. The van der Waals surface area contributed by atoms with Gasteiger partial charge in [-0.25, -0.2) is 5.43 Å². The molecule has 2 aromatic carbocycles. The Bertz CT molecular complexity index is 791. The largest absolute Gasteiger partial charge is 0.326 e. The van der Waals surface area contributed by atoms with Gasteiger partial charge in [-0.1, -0.05) is 45.7 Å². The van der Waals surface area contributed by atoms with Crippen LogP contribution in [0.4, 0.5) is 5.69 Å². The zero-order valence-electron chi connectivity index (χ0n) is 13.6.